The largest absolute Gasteiger partial charge is 0.468 e. The lowest BCUT2D eigenvalue weighted by Gasteiger charge is -2.20. The van der Waals surface area contributed by atoms with Crippen LogP contribution in [0, 0.1) is 11.7 Å². The second-order valence-electron chi connectivity index (χ2n) is 3.84. The predicted molar refractivity (Wildman–Crippen MR) is 66.9 cm³/mol. The molecule has 1 aromatic rings. The van der Waals surface area contributed by atoms with E-state index in [0.717, 1.165) is 0 Å². The lowest BCUT2D eigenvalue weighted by molar-refractivity contribution is -0.159. The Morgan fingerprint density at radius 1 is 1.16 bits per heavy atom. The Morgan fingerprint density at radius 2 is 1.63 bits per heavy atom. The van der Waals surface area contributed by atoms with E-state index in [1.165, 1.54) is 44.6 Å². The Balaban J connectivity index is 3.16. The number of halogens is 1. The summed E-state index contributed by atoms with van der Waals surface area (Å²) in [5, 5.41) is 0. The van der Waals surface area contributed by atoms with E-state index < -0.39 is 29.6 Å². The van der Waals surface area contributed by atoms with Crippen LogP contribution in [0.25, 0.3) is 0 Å². The average molecular weight is 266 g/mol. The molecule has 4 nitrogen and oxygen atoms in total. The van der Waals surface area contributed by atoms with Gasteiger partial charge < -0.3 is 9.47 Å². The molecule has 1 aromatic carbocycles. The third kappa shape index (κ3) is 3.40. The van der Waals surface area contributed by atoms with E-state index in [0.29, 0.717) is 5.56 Å². The van der Waals surface area contributed by atoms with Crippen molar-refractivity contribution in [2.24, 2.45) is 5.92 Å². The van der Waals surface area contributed by atoms with Crippen molar-refractivity contribution in [2.45, 2.75) is 5.92 Å². The number of rotatable bonds is 5. The SMILES string of the molecule is C=CC(c1ccc(F)cc1)C(C(=O)OC)C(=O)OC. The van der Waals surface area contributed by atoms with Gasteiger partial charge in [-0.3, -0.25) is 9.59 Å². The summed E-state index contributed by atoms with van der Waals surface area (Å²) in [5.74, 6) is -3.64. The fourth-order valence-corrected chi connectivity index (χ4v) is 1.79. The lowest BCUT2D eigenvalue weighted by atomic mass is 9.86. The van der Waals surface area contributed by atoms with Crippen LogP contribution in [0.3, 0.4) is 0 Å². The van der Waals surface area contributed by atoms with Crippen molar-refractivity contribution in [3.63, 3.8) is 0 Å². The summed E-state index contributed by atoms with van der Waals surface area (Å²) in [5.41, 5.74) is 0.581. The molecule has 0 N–H and O–H groups in total. The molecule has 1 unspecified atom stereocenters. The number of esters is 2. The van der Waals surface area contributed by atoms with Gasteiger partial charge in [-0.25, -0.2) is 4.39 Å². The molecule has 0 heterocycles. The highest BCUT2D eigenvalue weighted by atomic mass is 19.1. The summed E-state index contributed by atoms with van der Waals surface area (Å²) >= 11 is 0. The monoisotopic (exact) mass is 266 g/mol. The summed E-state index contributed by atoms with van der Waals surface area (Å²) < 4.78 is 22.1. The van der Waals surface area contributed by atoms with Gasteiger partial charge >= 0.3 is 11.9 Å². The third-order valence-corrected chi connectivity index (χ3v) is 2.78. The van der Waals surface area contributed by atoms with Crippen LogP contribution in [0.4, 0.5) is 4.39 Å². The Labute approximate surface area is 110 Å². The predicted octanol–water partition coefficient (Wildman–Crippen LogP) is 2.06. The van der Waals surface area contributed by atoms with Gasteiger partial charge in [0.1, 0.15) is 5.82 Å². The maximum atomic E-state index is 12.9. The van der Waals surface area contributed by atoms with Crippen molar-refractivity contribution in [3.8, 4) is 0 Å². The Hall–Kier alpha value is -2.17. The van der Waals surface area contributed by atoms with Crippen molar-refractivity contribution < 1.29 is 23.5 Å². The smallest absolute Gasteiger partial charge is 0.321 e. The Morgan fingerprint density at radius 3 is 2.00 bits per heavy atom. The highest BCUT2D eigenvalue weighted by Gasteiger charge is 2.36. The molecule has 0 aromatic heterocycles. The zero-order chi connectivity index (χ0) is 14.4. The van der Waals surface area contributed by atoms with Crippen LogP contribution in [0.5, 0.6) is 0 Å². The molecule has 1 atom stereocenters. The van der Waals surface area contributed by atoms with Gasteiger partial charge in [-0.05, 0) is 17.7 Å². The normalized spacial score (nSPS) is 11.8. The van der Waals surface area contributed by atoms with E-state index in [-0.39, 0.29) is 0 Å². The number of hydrogen-bond donors (Lipinski definition) is 0. The van der Waals surface area contributed by atoms with Crippen molar-refractivity contribution in [2.75, 3.05) is 14.2 Å². The number of carbonyl (C=O) groups is 2. The van der Waals surface area contributed by atoms with Crippen LogP contribution >= 0.6 is 0 Å². The summed E-state index contributed by atoms with van der Waals surface area (Å²) in [4.78, 5) is 23.4. The molecule has 1 rings (SSSR count). The van der Waals surface area contributed by atoms with Crippen LogP contribution in [-0.4, -0.2) is 26.2 Å². The van der Waals surface area contributed by atoms with Crippen molar-refractivity contribution in [3.05, 3.63) is 48.3 Å². The molecule has 0 amide bonds. The second-order valence-corrected chi connectivity index (χ2v) is 3.84. The fourth-order valence-electron chi connectivity index (χ4n) is 1.79. The third-order valence-electron chi connectivity index (χ3n) is 2.78. The second kappa shape index (κ2) is 6.68. The standard InChI is InChI=1S/C14H15FO4/c1-4-11(9-5-7-10(15)8-6-9)12(13(16)18-2)14(17)19-3/h4-8,11-12H,1H2,2-3H3. The highest BCUT2D eigenvalue weighted by Crippen LogP contribution is 2.28. The number of allylic oxidation sites excluding steroid dienone is 1. The first-order valence-electron chi connectivity index (χ1n) is 5.58. The van der Waals surface area contributed by atoms with E-state index >= 15 is 0 Å². The number of methoxy groups -OCH3 is 2. The van der Waals surface area contributed by atoms with Crippen LogP contribution in [0.2, 0.25) is 0 Å². The molecule has 0 spiro atoms. The molecular formula is C14H15FO4. The quantitative estimate of drug-likeness (QED) is 0.465. The molecule has 0 fully saturated rings. The first kappa shape index (κ1) is 14.9. The Kier molecular flexibility index (Phi) is 5.23. The zero-order valence-corrected chi connectivity index (χ0v) is 10.8. The molecule has 0 radical (unpaired) electrons. The van der Waals surface area contributed by atoms with Gasteiger partial charge in [0, 0.05) is 5.92 Å². The molecule has 0 aliphatic rings. The first-order valence-corrected chi connectivity index (χ1v) is 5.58. The maximum absolute atomic E-state index is 12.9. The fraction of sp³-hybridized carbons (Fsp3) is 0.286. The van der Waals surface area contributed by atoms with E-state index in [1.807, 2.05) is 0 Å². The average Bonchev–Trinajstić information content (AvgIpc) is 2.44. The van der Waals surface area contributed by atoms with Gasteiger partial charge in [-0.2, -0.15) is 0 Å². The minimum Gasteiger partial charge on any atom is -0.468 e. The molecule has 0 bridgehead atoms. The molecule has 0 saturated heterocycles. The molecule has 0 aliphatic heterocycles. The molecule has 102 valence electrons. The molecule has 19 heavy (non-hydrogen) atoms. The van der Waals surface area contributed by atoms with Crippen molar-refractivity contribution in [1.29, 1.82) is 0 Å². The molecule has 0 saturated carbocycles. The van der Waals surface area contributed by atoms with Gasteiger partial charge in [-0.15, -0.1) is 6.58 Å². The number of hydrogen-bond acceptors (Lipinski definition) is 4. The van der Waals surface area contributed by atoms with E-state index in [1.54, 1.807) is 0 Å². The lowest BCUT2D eigenvalue weighted by Crippen LogP contribution is -2.31. The molecular weight excluding hydrogens is 251 g/mol. The van der Waals surface area contributed by atoms with E-state index in [9.17, 15) is 14.0 Å². The minimum absolute atomic E-state index is 0.403. The topological polar surface area (TPSA) is 52.6 Å². The number of benzene rings is 1. The Bertz CT molecular complexity index is 451. The van der Waals surface area contributed by atoms with Gasteiger partial charge in [0.15, 0.2) is 5.92 Å². The van der Waals surface area contributed by atoms with Crippen LogP contribution in [-0.2, 0) is 19.1 Å². The first-order chi connectivity index (χ1) is 9.04. The van der Waals surface area contributed by atoms with Gasteiger partial charge in [0.25, 0.3) is 0 Å². The molecule has 0 aliphatic carbocycles. The van der Waals surface area contributed by atoms with Crippen LogP contribution in [0.15, 0.2) is 36.9 Å². The van der Waals surface area contributed by atoms with Crippen LogP contribution < -0.4 is 0 Å². The summed E-state index contributed by atoms with van der Waals surface area (Å²) in [6.45, 7) is 3.60. The van der Waals surface area contributed by atoms with Crippen molar-refractivity contribution >= 4 is 11.9 Å². The summed E-state index contributed by atoms with van der Waals surface area (Å²) in [6, 6.07) is 5.47. The van der Waals surface area contributed by atoms with E-state index in [4.69, 9.17) is 0 Å². The van der Waals surface area contributed by atoms with Crippen molar-refractivity contribution in [1.82, 2.24) is 0 Å². The van der Waals surface area contributed by atoms with Gasteiger partial charge in [0.05, 0.1) is 14.2 Å². The van der Waals surface area contributed by atoms with E-state index in [2.05, 4.69) is 16.1 Å². The number of ether oxygens (including phenoxy) is 2. The highest BCUT2D eigenvalue weighted by molar-refractivity contribution is 5.96. The number of carbonyl (C=O) groups excluding carboxylic acids is 2. The maximum Gasteiger partial charge on any atom is 0.321 e. The summed E-state index contributed by atoms with van der Waals surface area (Å²) in [6.07, 6.45) is 1.44. The molecule has 5 heteroatoms. The van der Waals surface area contributed by atoms with Crippen LogP contribution in [0.1, 0.15) is 11.5 Å². The minimum atomic E-state index is -1.15. The van der Waals surface area contributed by atoms with Gasteiger partial charge in [0.2, 0.25) is 0 Å². The van der Waals surface area contributed by atoms with Gasteiger partial charge in [-0.1, -0.05) is 18.2 Å². The summed E-state index contributed by atoms with van der Waals surface area (Å²) in [7, 11) is 2.37. The zero-order valence-electron chi connectivity index (χ0n) is 10.8.